The second kappa shape index (κ2) is 10.4. The Morgan fingerprint density at radius 2 is 1.75 bits per heavy atom. The molecule has 28 heavy (non-hydrogen) atoms. The maximum absolute atomic E-state index is 5.93. The van der Waals surface area contributed by atoms with Crippen LogP contribution < -0.4 is 10.6 Å². The van der Waals surface area contributed by atoms with Crippen LogP contribution in [0.4, 0.5) is 5.82 Å². The van der Waals surface area contributed by atoms with E-state index in [2.05, 4.69) is 63.2 Å². The van der Waals surface area contributed by atoms with Gasteiger partial charge in [-0.25, -0.2) is 9.97 Å². The van der Waals surface area contributed by atoms with E-state index in [0.29, 0.717) is 18.0 Å². The van der Waals surface area contributed by atoms with Crippen LogP contribution >= 0.6 is 24.8 Å². The Balaban J connectivity index is 0.00000140. The third kappa shape index (κ3) is 5.35. The average Bonchev–Trinajstić information content (AvgIpc) is 2.66. The molecule has 0 spiro atoms. The largest absolute Gasteiger partial charge is 0.356 e. The molecule has 1 aromatic carbocycles. The summed E-state index contributed by atoms with van der Waals surface area (Å²) in [6.07, 6.45) is 6.20. The zero-order chi connectivity index (χ0) is 17.9. The summed E-state index contributed by atoms with van der Waals surface area (Å²) in [5.74, 6) is 1.61. The SMILES string of the molecule is CN(Cc1ccccc1)C1CCN(c2cc(C3CC(N)C3)ncn2)CC1.Cl.Cl. The topological polar surface area (TPSA) is 58.3 Å². The zero-order valence-electron chi connectivity index (χ0n) is 16.4. The van der Waals surface area contributed by atoms with Crippen molar-refractivity contribution in [2.45, 2.75) is 50.2 Å². The summed E-state index contributed by atoms with van der Waals surface area (Å²) < 4.78 is 0. The Morgan fingerprint density at radius 1 is 1.07 bits per heavy atom. The van der Waals surface area contributed by atoms with Crippen LogP contribution in [-0.2, 0) is 6.54 Å². The van der Waals surface area contributed by atoms with Gasteiger partial charge in [-0.05, 0) is 38.3 Å². The number of benzene rings is 1. The highest BCUT2D eigenvalue weighted by molar-refractivity contribution is 5.85. The molecule has 2 heterocycles. The third-order valence-corrected chi connectivity index (χ3v) is 5.95. The Hall–Kier alpha value is -1.40. The van der Waals surface area contributed by atoms with Gasteiger partial charge in [-0.1, -0.05) is 30.3 Å². The lowest BCUT2D eigenvalue weighted by Gasteiger charge is -2.38. The van der Waals surface area contributed by atoms with E-state index in [0.717, 1.165) is 38.3 Å². The maximum Gasteiger partial charge on any atom is 0.132 e. The third-order valence-electron chi connectivity index (χ3n) is 5.95. The van der Waals surface area contributed by atoms with Gasteiger partial charge in [0.1, 0.15) is 12.1 Å². The van der Waals surface area contributed by atoms with Crippen LogP contribution in [0.1, 0.15) is 42.9 Å². The minimum absolute atomic E-state index is 0. The Kier molecular flexibility index (Phi) is 8.50. The van der Waals surface area contributed by atoms with Crippen LogP contribution in [0.2, 0.25) is 0 Å². The monoisotopic (exact) mass is 423 g/mol. The molecule has 2 aliphatic rings. The highest BCUT2D eigenvalue weighted by atomic mass is 35.5. The minimum atomic E-state index is 0. The molecule has 0 atom stereocenters. The summed E-state index contributed by atoms with van der Waals surface area (Å²) in [5, 5.41) is 0. The molecular weight excluding hydrogens is 393 g/mol. The predicted octanol–water partition coefficient (Wildman–Crippen LogP) is 3.63. The lowest BCUT2D eigenvalue weighted by Crippen LogP contribution is -2.43. The predicted molar refractivity (Wildman–Crippen MR) is 120 cm³/mol. The number of hydrogen-bond acceptors (Lipinski definition) is 5. The highest BCUT2D eigenvalue weighted by Crippen LogP contribution is 2.35. The van der Waals surface area contributed by atoms with Crippen molar-refractivity contribution in [2.75, 3.05) is 25.0 Å². The molecule has 1 saturated heterocycles. The maximum atomic E-state index is 5.93. The standard InChI is InChI=1S/C21H29N5.2ClH/c1-25(14-16-5-3-2-4-6-16)19-7-9-26(10-8-19)21-13-20(23-15-24-21)17-11-18(22)12-17;;/h2-6,13,15,17-19H,7-12,14,22H2,1H3;2*1H. The van der Waals surface area contributed by atoms with E-state index in [-0.39, 0.29) is 24.8 Å². The van der Waals surface area contributed by atoms with Crippen molar-refractivity contribution in [2.24, 2.45) is 5.73 Å². The first-order valence-corrected chi connectivity index (χ1v) is 9.75. The molecule has 1 saturated carbocycles. The summed E-state index contributed by atoms with van der Waals surface area (Å²) >= 11 is 0. The lowest BCUT2D eigenvalue weighted by atomic mass is 9.78. The number of hydrogen-bond donors (Lipinski definition) is 1. The molecule has 154 valence electrons. The highest BCUT2D eigenvalue weighted by Gasteiger charge is 2.29. The van der Waals surface area contributed by atoms with E-state index < -0.39 is 0 Å². The smallest absolute Gasteiger partial charge is 0.132 e. The van der Waals surface area contributed by atoms with Crippen molar-refractivity contribution in [3.05, 3.63) is 54.0 Å². The summed E-state index contributed by atoms with van der Waals surface area (Å²) in [4.78, 5) is 13.9. The van der Waals surface area contributed by atoms with Gasteiger partial charge in [0.25, 0.3) is 0 Å². The van der Waals surface area contributed by atoms with Gasteiger partial charge in [0, 0.05) is 49.4 Å². The van der Waals surface area contributed by atoms with Crippen molar-refractivity contribution >= 4 is 30.6 Å². The molecule has 1 aromatic heterocycles. The summed E-state index contributed by atoms with van der Waals surface area (Å²) in [7, 11) is 2.25. The number of aromatic nitrogens is 2. The van der Waals surface area contributed by atoms with Crippen LogP contribution in [-0.4, -0.2) is 47.1 Å². The molecular formula is C21H31Cl2N5. The minimum Gasteiger partial charge on any atom is -0.356 e. The molecule has 7 heteroatoms. The Bertz CT molecular complexity index is 716. The molecule has 0 radical (unpaired) electrons. The second-order valence-electron chi connectivity index (χ2n) is 7.85. The number of anilines is 1. The quantitative estimate of drug-likeness (QED) is 0.795. The zero-order valence-corrected chi connectivity index (χ0v) is 18.0. The second-order valence-corrected chi connectivity index (χ2v) is 7.85. The van der Waals surface area contributed by atoms with Crippen molar-refractivity contribution in [1.82, 2.24) is 14.9 Å². The Morgan fingerprint density at radius 3 is 2.39 bits per heavy atom. The van der Waals surface area contributed by atoms with Crippen molar-refractivity contribution < 1.29 is 0 Å². The van der Waals surface area contributed by atoms with Crippen molar-refractivity contribution in [3.63, 3.8) is 0 Å². The average molecular weight is 424 g/mol. The van der Waals surface area contributed by atoms with E-state index in [4.69, 9.17) is 5.73 Å². The molecule has 1 aliphatic heterocycles. The normalized spacial score (nSPS) is 22.2. The molecule has 2 fully saturated rings. The molecule has 0 bridgehead atoms. The van der Waals surface area contributed by atoms with Gasteiger partial charge < -0.3 is 10.6 Å². The van der Waals surface area contributed by atoms with Crippen LogP contribution in [0.3, 0.4) is 0 Å². The first-order chi connectivity index (χ1) is 12.7. The fourth-order valence-electron chi connectivity index (χ4n) is 4.20. The van der Waals surface area contributed by atoms with Crippen LogP contribution in [0.15, 0.2) is 42.7 Å². The van der Waals surface area contributed by atoms with Crippen LogP contribution in [0, 0.1) is 0 Å². The van der Waals surface area contributed by atoms with E-state index in [1.165, 1.54) is 24.1 Å². The van der Waals surface area contributed by atoms with Gasteiger partial charge in [-0.3, -0.25) is 4.90 Å². The first kappa shape index (κ1) is 22.9. The van der Waals surface area contributed by atoms with Crippen LogP contribution in [0.25, 0.3) is 0 Å². The summed E-state index contributed by atoms with van der Waals surface area (Å²) in [6.45, 7) is 3.14. The number of nitrogens with two attached hydrogens (primary N) is 1. The number of halogens is 2. The molecule has 4 rings (SSSR count). The lowest BCUT2D eigenvalue weighted by molar-refractivity contribution is 0.200. The summed E-state index contributed by atoms with van der Waals surface area (Å²) in [6, 6.07) is 13.9. The number of piperidine rings is 1. The fraction of sp³-hybridized carbons (Fsp3) is 0.524. The van der Waals surface area contributed by atoms with Gasteiger partial charge in [-0.2, -0.15) is 0 Å². The van der Waals surface area contributed by atoms with Crippen LogP contribution in [0.5, 0.6) is 0 Å². The van der Waals surface area contributed by atoms with Gasteiger partial charge in [0.05, 0.1) is 0 Å². The van der Waals surface area contributed by atoms with E-state index >= 15 is 0 Å². The van der Waals surface area contributed by atoms with Gasteiger partial charge in [0.2, 0.25) is 0 Å². The summed E-state index contributed by atoms with van der Waals surface area (Å²) in [5.41, 5.74) is 8.48. The molecule has 0 amide bonds. The molecule has 2 aromatic rings. The number of rotatable bonds is 5. The molecule has 0 unspecified atom stereocenters. The van der Waals surface area contributed by atoms with Gasteiger partial charge >= 0.3 is 0 Å². The van der Waals surface area contributed by atoms with E-state index in [1.807, 2.05) is 0 Å². The van der Waals surface area contributed by atoms with Gasteiger partial charge in [-0.15, -0.1) is 24.8 Å². The first-order valence-electron chi connectivity index (χ1n) is 9.75. The molecule has 5 nitrogen and oxygen atoms in total. The van der Waals surface area contributed by atoms with Gasteiger partial charge in [0.15, 0.2) is 0 Å². The van der Waals surface area contributed by atoms with E-state index in [1.54, 1.807) is 6.33 Å². The van der Waals surface area contributed by atoms with E-state index in [9.17, 15) is 0 Å². The van der Waals surface area contributed by atoms with Crippen molar-refractivity contribution in [3.8, 4) is 0 Å². The molecule has 1 aliphatic carbocycles. The van der Waals surface area contributed by atoms with Crippen molar-refractivity contribution in [1.29, 1.82) is 0 Å². The number of nitrogens with zero attached hydrogens (tertiary/aromatic N) is 4. The fourth-order valence-corrected chi connectivity index (χ4v) is 4.20. The Labute approximate surface area is 180 Å². The molecule has 2 N–H and O–H groups in total.